The van der Waals surface area contributed by atoms with Crippen LogP contribution in [0, 0.1) is 0 Å². The van der Waals surface area contributed by atoms with E-state index in [9.17, 15) is 10.2 Å². The summed E-state index contributed by atoms with van der Waals surface area (Å²) in [7, 11) is 1.85. The molecule has 0 aliphatic rings. The Morgan fingerprint density at radius 3 is 2.39 bits per heavy atom. The molecule has 0 spiro atoms. The fourth-order valence-electron chi connectivity index (χ4n) is 2.01. The summed E-state index contributed by atoms with van der Waals surface area (Å²) in [4.78, 5) is 0. The van der Waals surface area contributed by atoms with Crippen LogP contribution in [0.3, 0.4) is 0 Å². The first-order chi connectivity index (χ1) is 8.65. The van der Waals surface area contributed by atoms with Crippen LogP contribution in [0.25, 0.3) is 22.3 Å². The number of benzene rings is 2. The molecule has 0 atom stereocenters. The van der Waals surface area contributed by atoms with E-state index < -0.39 is 0 Å². The molecule has 3 aromatic rings. The molecule has 0 radical (unpaired) electrons. The first kappa shape index (κ1) is 10.8. The highest BCUT2D eigenvalue weighted by Crippen LogP contribution is 2.29. The number of furan rings is 1. The lowest BCUT2D eigenvalue weighted by Gasteiger charge is -1.97. The predicted molar refractivity (Wildman–Crippen MR) is 73.2 cm³/mol. The molecule has 3 rings (SSSR count). The predicted octanol–water partition coefficient (Wildman–Crippen LogP) is 1.77. The maximum atomic E-state index is 9.66. The molecule has 0 aliphatic carbocycles. The van der Waals surface area contributed by atoms with E-state index in [0.717, 1.165) is 27.8 Å². The van der Waals surface area contributed by atoms with Crippen molar-refractivity contribution in [3.05, 3.63) is 42.5 Å². The molecule has 0 amide bonds. The minimum atomic E-state index is 0.226. The SMILES string of the molecule is Bc1c(O)ccc2oc(-c3ccc(O)cc3)cc12. The zero-order valence-corrected chi connectivity index (χ0v) is 9.84. The molecule has 2 N–H and O–H groups in total. The summed E-state index contributed by atoms with van der Waals surface area (Å²) in [6.45, 7) is 0. The highest BCUT2D eigenvalue weighted by molar-refractivity contribution is 6.40. The zero-order valence-electron chi connectivity index (χ0n) is 9.84. The molecule has 0 aliphatic heterocycles. The van der Waals surface area contributed by atoms with Crippen LogP contribution < -0.4 is 5.46 Å². The minimum absolute atomic E-state index is 0.226. The summed E-state index contributed by atoms with van der Waals surface area (Å²) in [6, 6.07) is 12.1. The summed E-state index contributed by atoms with van der Waals surface area (Å²) in [5, 5.41) is 19.8. The van der Waals surface area contributed by atoms with Gasteiger partial charge in [0, 0.05) is 10.9 Å². The summed E-state index contributed by atoms with van der Waals surface area (Å²) in [6.07, 6.45) is 0. The van der Waals surface area contributed by atoms with E-state index in [2.05, 4.69) is 0 Å². The van der Waals surface area contributed by atoms with Crippen LogP contribution >= 0.6 is 0 Å². The molecule has 1 aromatic heterocycles. The minimum Gasteiger partial charge on any atom is -0.509 e. The third kappa shape index (κ3) is 1.62. The van der Waals surface area contributed by atoms with Gasteiger partial charge in [-0.15, -0.1) is 0 Å². The zero-order chi connectivity index (χ0) is 12.7. The Kier molecular flexibility index (Phi) is 2.30. The summed E-state index contributed by atoms with van der Waals surface area (Å²) in [5.74, 6) is 1.21. The maximum absolute atomic E-state index is 9.66. The standard InChI is InChI=1S/C14H11BO3/c15-14-10-7-13(8-1-3-9(16)4-2-8)18-12(10)6-5-11(14)17/h1-7,16-17H,15H2. The highest BCUT2D eigenvalue weighted by atomic mass is 16.3. The second-order valence-electron chi connectivity index (χ2n) is 4.28. The van der Waals surface area contributed by atoms with Gasteiger partial charge in [-0.3, -0.25) is 0 Å². The number of fused-ring (bicyclic) bond motifs is 1. The molecular weight excluding hydrogens is 227 g/mol. The first-order valence-electron chi connectivity index (χ1n) is 5.66. The van der Waals surface area contributed by atoms with Crippen molar-refractivity contribution in [1.29, 1.82) is 0 Å². The van der Waals surface area contributed by atoms with Gasteiger partial charge in [-0.1, -0.05) is 0 Å². The van der Waals surface area contributed by atoms with Crippen molar-refractivity contribution in [2.24, 2.45) is 0 Å². The van der Waals surface area contributed by atoms with Gasteiger partial charge < -0.3 is 14.6 Å². The Balaban J connectivity index is 2.19. The van der Waals surface area contributed by atoms with Crippen LogP contribution in [0.5, 0.6) is 11.5 Å². The quantitative estimate of drug-likeness (QED) is 0.635. The van der Waals surface area contributed by atoms with E-state index in [1.165, 1.54) is 0 Å². The maximum Gasteiger partial charge on any atom is 0.145 e. The van der Waals surface area contributed by atoms with Gasteiger partial charge in [-0.2, -0.15) is 0 Å². The lowest BCUT2D eigenvalue weighted by Crippen LogP contribution is -2.02. The average molecular weight is 238 g/mol. The van der Waals surface area contributed by atoms with E-state index >= 15 is 0 Å². The van der Waals surface area contributed by atoms with Crippen molar-refractivity contribution >= 4 is 24.3 Å². The lowest BCUT2D eigenvalue weighted by atomic mass is 9.91. The van der Waals surface area contributed by atoms with E-state index in [4.69, 9.17) is 4.42 Å². The van der Waals surface area contributed by atoms with Crippen LogP contribution in [0.1, 0.15) is 0 Å². The van der Waals surface area contributed by atoms with E-state index in [-0.39, 0.29) is 11.5 Å². The van der Waals surface area contributed by atoms with Gasteiger partial charge in [-0.05, 0) is 47.9 Å². The molecule has 18 heavy (non-hydrogen) atoms. The Morgan fingerprint density at radius 1 is 0.944 bits per heavy atom. The Labute approximate surface area is 105 Å². The Bertz CT molecular complexity index is 714. The smallest absolute Gasteiger partial charge is 0.145 e. The van der Waals surface area contributed by atoms with E-state index in [1.54, 1.807) is 36.4 Å². The van der Waals surface area contributed by atoms with Crippen molar-refractivity contribution in [3.8, 4) is 22.8 Å². The molecule has 88 valence electrons. The molecule has 0 bridgehead atoms. The van der Waals surface area contributed by atoms with Crippen LogP contribution in [-0.2, 0) is 0 Å². The fraction of sp³-hybridized carbons (Fsp3) is 0. The summed E-state index contributed by atoms with van der Waals surface area (Å²) in [5.41, 5.74) is 2.44. The third-order valence-electron chi connectivity index (χ3n) is 3.09. The van der Waals surface area contributed by atoms with Crippen LogP contribution in [0.4, 0.5) is 0 Å². The van der Waals surface area contributed by atoms with Crippen molar-refractivity contribution < 1.29 is 14.6 Å². The second-order valence-corrected chi connectivity index (χ2v) is 4.28. The number of rotatable bonds is 1. The number of phenolic OH excluding ortho intramolecular Hbond substituents is 2. The normalized spacial score (nSPS) is 10.9. The van der Waals surface area contributed by atoms with Crippen molar-refractivity contribution in [2.75, 3.05) is 0 Å². The summed E-state index contributed by atoms with van der Waals surface area (Å²) < 4.78 is 5.74. The number of hydrogen-bond donors (Lipinski definition) is 2. The van der Waals surface area contributed by atoms with Gasteiger partial charge in [0.2, 0.25) is 0 Å². The fourth-order valence-corrected chi connectivity index (χ4v) is 2.01. The third-order valence-corrected chi connectivity index (χ3v) is 3.09. The van der Waals surface area contributed by atoms with Crippen LogP contribution in [0.15, 0.2) is 46.9 Å². The summed E-state index contributed by atoms with van der Waals surface area (Å²) >= 11 is 0. The van der Waals surface area contributed by atoms with E-state index in [1.807, 2.05) is 13.9 Å². The average Bonchev–Trinajstić information content (AvgIpc) is 2.80. The highest BCUT2D eigenvalue weighted by Gasteiger charge is 2.09. The number of phenols is 2. The Morgan fingerprint density at radius 2 is 1.67 bits per heavy atom. The van der Waals surface area contributed by atoms with Gasteiger partial charge in [-0.25, -0.2) is 0 Å². The molecule has 0 saturated carbocycles. The Hall–Kier alpha value is -2.36. The van der Waals surface area contributed by atoms with Gasteiger partial charge in [0.05, 0.1) is 0 Å². The number of hydrogen-bond acceptors (Lipinski definition) is 3. The monoisotopic (exact) mass is 238 g/mol. The van der Waals surface area contributed by atoms with E-state index in [0.29, 0.717) is 0 Å². The molecule has 1 heterocycles. The van der Waals surface area contributed by atoms with Gasteiger partial charge in [0.25, 0.3) is 0 Å². The largest absolute Gasteiger partial charge is 0.509 e. The van der Waals surface area contributed by atoms with Gasteiger partial charge >= 0.3 is 0 Å². The van der Waals surface area contributed by atoms with Crippen LogP contribution in [0.2, 0.25) is 0 Å². The van der Waals surface area contributed by atoms with Crippen molar-refractivity contribution in [3.63, 3.8) is 0 Å². The molecule has 4 heteroatoms. The van der Waals surface area contributed by atoms with Gasteiger partial charge in [0.15, 0.2) is 0 Å². The van der Waals surface area contributed by atoms with Crippen molar-refractivity contribution in [1.82, 2.24) is 0 Å². The second kappa shape index (κ2) is 3.84. The van der Waals surface area contributed by atoms with Crippen LogP contribution in [-0.4, -0.2) is 18.1 Å². The number of aromatic hydroxyl groups is 2. The molecule has 3 nitrogen and oxygen atoms in total. The molecule has 0 unspecified atom stereocenters. The topological polar surface area (TPSA) is 53.6 Å². The molecule has 0 fully saturated rings. The molecular formula is C14H11BO3. The van der Waals surface area contributed by atoms with Gasteiger partial charge in [0.1, 0.15) is 30.7 Å². The molecule has 0 saturated heterocycles. The first-order valence-corrected chi connectivity index (χ1v) is 5.66. The lowest BCUT2D eigenvalue weighted by molar-refractivity contribution is 0.475. The van der Waals surface area contributed by atoms with Crippen molar-refractivity contribution in [2.45, 2.75) is 0 Å². The molecule has 2 aromatic carbocycles.